The van der Waals surface area contributed by atoms with E-state index in [2.05, 4.69) is 21.2 Å². The molecule has 0 aromatic heterocycles. The molecule has 1 aromatic carbocycles. The molecule has 6 heteroatoms. The molecule has 1 aromatic rings. The molecule has 0 aliphatic carbocycles. The molecule has 0 saturated carbocycles. The maximum absolute atomic E-state index is 10.9. The van der Waals surface area contributed by atoms with E-state index in [9.17, 15) is 4.79 Å². The van der Waals surface area contributed by atoms with E-state index in [-0.39, 0.29) is 6.10 Å². The summed E-state index contributed by atoms with van der Waals surface area (Å²) in [6, 6.07) is 3.03. The Labute approximate surface area is 127 Å². The molecule has 1 rings (SSSR count). The average Bonchev–Trinajstić information content (AvgIpc) is 2.37. The van der Waals surface area contributed by atoms with E-state index < -0.39 is 12.0 Å². The number of rotatable bonds is 7. The van der Waals surface area contributed by atoms with Gasteiger partial charge in [-0.2, -0.15) is 0 Å². The van der Waals surface area contributed by atoms with E-state index in [0.29, 0.717) is 18.0 Å². The number of carbonyl (C=O) groups is 1. The number of benzene rings is 1. The van der Waals surface area contributed by atoms with Gasteiger partial charge in [0.05, 0.1) is 13.2 Å². The summed E-state index contributed by atoms with van der Waals surface area (Å²) in [7, 11) is 1.58. The van der Waals surface area contributed by atoms with Gasteiger partial charge in [-0.25, -0.2) is 0 Å². The van der Waals surface area contributed by atoms with Crippen molar-refractivity contribution in [3.8, 4) is 11.5 Å². The molecule has 0 amide bonds. The predicted octanol–water partition coefficient (Wildman–Crippen LogP) is 2.81. The van der Waals surface area contributed by atoms with Crippen molar-refractivity contribution in [2.45, 2.75) is 39.5 Å². The van der Waals surface area contributed by atoms with Gasteiger partial charge in [-0.3, -0.25) is 4.79 Å². The van der Waals surface area contributed by atoms with Gasteiger partial charge in [0.1, 0.15) is 6.04 Å². The molecule has 112 valence electrons. The topological polar surface area (TPSA) is 67.8 Å². The lowest BCUT2D eigenvalue weighted by molar-refractivity contribution is -0.139. The molecule has 0 saturated heterocycles. The molecule has 0 radical (unpaired) electrons. The van der Waals surface area contributed by atoms with Gasteiger partial charge >= 0.3 is 5.97 Å². The second kappa shape index (κ2) is 7.50. The van der Waals surface area contributed by atoms with Crippen LogP contribution in [-0.4, -0.2) is 30.3 Å². The molecule has 2 N–H and O–H groups in total. The summed E-state index contributed by atoms with van der Waals surface area (Å²) < 4.78 is 12.0. The summed E-state index contributed by atoms with van der Waals surface area (Å²) in [5.41, 5.74) is 0.839. The Bertz CT molecular complexity index is 476. The highest BCUT2D eigenvalue weighted by atomic mass is 79.9. The second-order valence-corrected chi connectivity index (χ2v) is 5.52. The molecule has 5 nitrogen and oxygen atoms in total. The van der Waals surface area contributed by atoms with Crippen molar-refractivity contribution in [2.75, 3.05) is 7.11 Å². The highest BCUT2D eigenvalue weighted by Gasteiger charge is 2.18. The van der Waals surface area contributed by atoms with Crippen LogP contribution < -0.4 is 14.8 Å². The van der Waals surface area contributed by atoms with Gasteiger partial charge in [0.25, 0.3) is 0 Å². The first kappa shape index (κ1) is 16.8. The summed E-state index contributed by atoms with van der Waals surface area (Å²) in [6.07, 6.45) is -0.00570. The number of carboxylic acids is 1. The highest BCUT2D eigenvalue weighted by molar-refractivity contribution is 9.10. The molecule has 0 fully saturated rings. The first-order valence-corrected chi connectivity index (χ1v) is 7.14. The number of methoxy groups -OCH3 is 1. The maximum atomic E-state index is 10.9. The summed E-state index contributed by atoms with van der Waals surface area (Å²) in [5, 5.41) is 11.9. The molecule has 0 spiro atoms. The smallest absolute Gasteiger partial charge is 0.320 e. The monoisotopic (exact) mass is 345 g/mol. The molecule has 20 heavy (non-hydrogen) atoms. The zero-order valence-electron chi connectivity index (χ0n) is 12.1. The molecular weight excluding hydrogens is 326 g/mol. The first-order chi connectivity index (χ1) is 9.36. The van der Waals surface area contributed by atoms with Crippen LogP contribution in [0.2, 0.25) is 0 Å². The Kier molecular flexibility index (Phi) is 6.29. The van der Waals surface area contributed by atoms with Crippen molar-refractivity contribution < 1.29 is 19.4 Å². The zero-order valence-corrected chi connectivity index (χ0v) is 13.7. The Morgan fingerprint density at radius 2 is 2.05 bits per heavy atom. The fraction of sp³-hybridized carbons (Fsp3) is 0.500. The van der Waals surface area contributed by atoms with Crippen LogP contribution in [0.4, 0.5) is 0 Å². The van der Waals surface area contributed by atoms with Crippen LogP contribution in [-0.2, 0) is 11.3 Å². The minimum atomic E-state index is -0.893. The normalized spacial score (nSPS) is 12.3. The van der Waals surface area contributed by atoms with Crippen molar-refractivity contribution in [3.05, 3.63) is 22.2 Å². The Hall–Kier alpha value is -1.27. The second-order valence-electron chi connectivity index (χ2n) is 4.66. The standard InChI is InChI=1S/C14H20BrNO4/c1-8(2)20-13-10(7-16-9(3)14(17)18)11(15)5-6-12(13)19-4/h5-6,8-9,16H,7H2,1-4H3,(H,17,18). The van der Waals surface area contributed by atoms with Crippen LogP contribution in [0.5, 0.6) is 11.5 Å². The average molecular weight is 346 g/mol. The highest BCUT2D eigenvalue weighted by Crippen LogP contribution is 2.36. The van der Waals surface area contributed by atoms with E-state index in [1.807, 2.05) is 26.0 Å². The van der Waals surface area contributed by atoms with E-state index in [1.54, 1.807) is 14.0 Å². The molecule has 0 bridgehead atoms. The summed E-state index contributed by atoms with van der Waals surface area (Å²) >= 11 is 3.46. The van der Waals surface area contributed by atoms with Crippen molar-refractivity contribution in [1.82, 2.24) is 5.32 Å². The van der Waals surface area contributed by atoms with Crippen LogP contribution in [0.1, 0.15) is 26.3 Å². The molecular formula is C14H20BrNO4. The van der Waals surface area contributed by atoms with E-state index in [4.69, 9.17) is 14.6 Å². The molecule has 1 unspecified atom stereocenters. The number of halogens is 1. The molecule has 0 aliphatic rings. The van der Waals surface area contributed by atoms with Crippen molar-refractivity contribution in [1.29, 1.82) is 0 Å². The van der Waals surface area contributed by atoms with Crippen molar-refractivity contribution >= 4 is 21.9 Å². The Balaban J connectivity index is 3.05. The Morgan fingerprint density at radius 1 is 1.40 bits per heavy atom. The number of nitrogens with one attached hydrogen (secondary N) is 1. The van der Waals surface area contributed by atoms with Crippen LogP contribution in [0.3, 0.4) is 0 Å². The van der Waals surface area contributed by atoms with Gasteiger partial charge in [0.2, 0.25) is 0 Å². The molecule has 1 atom stereocenters. The summed E-state index contributed by atoms with van der Waals surface area (Å²) in [5.74, 6) is 0.360. The number of carboxylic acid groups (broad SMARTS) is 1. The van der Waals surface area contributed by atoms with Gasteiger partial charge in [0.15, 0.2) is 11.5 Å². The predicted molar refractivity (Wildman–Crippen MR) is 80.4 cm³/mol. The third-order valence-corrected chi connectivity index (χ3v) is 3.44. The van der Waals surface area contributed by atoms with Gasteiger partial charge in [-0.1, -0.05) is 15.9 Å². The minimum Gasteiger partial charge on any atom is -0.493 e. The lowest BCUT2D eigenvalue weighted by atomic mass is 10.1. The maximum Gasteiger partial charge on any atom is 0.320 e. The van der Waals surface area contributed by atoms with Crippen LogP contribution in [0, 0.1) is 0 Å². The zero-order chi connectivity index (χ0) is 15.3. The molecule has 0 aliphatic heterocycles. The number of hydrogen-bond donors (Lipinski definition) is 2. The summed E-state index contributed by atoms with van der Waals surface area (Å²) in [6.45, 7) is 5.82. The van der Waals surface area contributed by atoms with Gasteiger partial charge in [0, 0.05) is 16.6 Å². The molecule has 0 heterocycles. The van der Waals surface area contributed by atoms with Crippen LogP contribution >= 0.6 is 15.9 Å². The number of hydrogen-bond acceptors (Lipinski definition) is 4. The third-order valence-electron chi connectivity index (χ3n) is 2.70. The van der Waals surface area contributed by atoms with E-state index in [0.717, 1.165) is 10.0 Å². The number of ether oxygens (including phenoxy) is 2. The number of aliphatic carboxylic acids is 1. The fourth-order valence-electron chi connectivity index (χ4n) is 1.62. The Morgan fingerprint density at radius 3 is 2.55 bits per heavy atom. The van der Waals surface area contributed by atoms with Crippen LogP contribution in [0.25, 0.3) is 0 Å². The lowest BCUT2D eigenvalue weighted by Crippen LogP contribution is -2.33. The van der Waals surface area contributed by atoms with Gasteiger partial charge in [-0.05, 0) is 32.9 Å². The van der Waals surface area contributed by atoms with Crippen molar-refractivity contribution in [3.63, 3.8) is 0 Å². The first-order valence-electron chi connectivity index (χ1n) is 6.35. The quantitative estimate of drug-likeness (QED) is 0.795. The lowest BCUT2D eigenvalue weighted by Gasteiger charge is -2.19. The minimum absolute atomic E-state index is 0.00570. The van der Waals surface area contributed by atoms with Crippen molar-refractivity contribution in [2.24, 2.45) is 0 Å². The largest absolute Gasteiger partial charge is 0.493 e. The van der Waals surface area contributed by atoms with Crippen LogP contribution in [0.15, 0.2) is 16.6 Å². The fourth-order valence-corrected chi connectivity index (χ4v) is 2.07. The van der Waals surface area contributed by atoms with Gasteiger partial charge < -0.3 is 19.9 Å². The van der Waals surface area contributed by atoms with Gasteiger partial charge in [-0.15, -0.1) is 0 Å². The van der Waals surface area contributed by atoms with E-state index >= 15 is 0 Å². The third kappa shape index (κ3) is 4.38. The summed E-state index contributed by atoms with van der Waals surface area (Å²) in [4.78, 5) is 10.9. The SMILES string of the molecule is COc1ccc(Br)c(CNC(C)C(=O)O)c1OC(C)C. The van der Waals surface area contributed by atoms with E-state index in [1.165, 1.54) is 0 Å².